The van der Waals surface area contributed by atoms with Crippen LogP contribution in [0.1, 0.15) is 26.5 Å². The predicted octanol–water partition coefficient (Wildman–Crippen LogP) is 1.92. The van der Waals surface area contributed by atoms with Gasteiger partial charge in [0.15, 0.2) is 0 Å². The van der Waals surface area contributed by atoms with Gasteiger partial charge in [0.05, 0.1) is 24.4 Å². The van der Waals surface area contributed by atoms with Crippen molar-refractivity contribution in [3.63, 3.8) is 0 Å². The molecule has 90 valence electrons. The van der Waals surface area contributed by atoms with Gasteiger partial charge in [-0.25, -0.2) is 4.98 Å². The molecule has 1 rings (SSSR count). The number of carbonyl (C=O) groups excluding carboxylic acids is 1. The maximum absolute atomic E-state index is 11.4. The first-order valence-electron chi connectivity index (χ1n) is 5.40. The number of thiazole rings is 1. The minimum Gasteiger partial charge on any atom is -0.465 e. The normalized spacial score (nSPS) is 11.1. The molecule has 5 heteroatoms. The number of carbonyl (C=O) groups is 1. The number of aromatic nitrogens is 1. The number of rotatable bonds is 6. The zero-order valence-electron chi connectivity index (χ0n) is 9.97. The molecular weight excluding hydrogens is 224 g/mol. The van der Waals surface area contributed by atoms with Crippen molar-refractivity contribution in [2.45, 2.75) is 33.4 Å². The maximum atomic E-state index is 11.4. The molecule has 0 aliphatic carbocycles. The number of hydrogen-bond acceptors (Lipinski definition) is 5. The summed E-state index contributed by atoms with van der Waals surface area (Å²) in [4.78, 5) is 17.7. The predicted molar refractivity (Wildman–Crippen MR) is 64.3 cm³/mol. The van der Waals surface area contributed by atoms with E-state index >= 15 is 0 Å². The second-order valence-corrected chi connectivity index (χ2v) is 4.50. The second-order valence-electron chi connectivity index (χ2n) is 3.78. The van der Waals surface area contributed by atoms with Gasteiger partial charge in [0, 0.05) is 18.0 Å². The molecule has 1 aromatic rings. The summed E-state index contributed by atoms with van der Waals surface area (Å²) in [5.74, 6) is -0.175. The average Bonchev–Trinajstić information content (AvgIpc) is 2.69. The summed E-state index contributed by atoms with van der Waals surface area (Å²) in [7, 11) is 0. The van der Waals surface area contributed by atoms with Gasteiger partial charge >= 0.3 is 5.97 Å². The molecular formula is C11H18N2O2S. The van der Waals surface area contributed by atoms with Crippen molar-refractivity contribution in [3.8, 4) is 0 Å². The van der Waals surface area contributed by atoms with Crippen LogP contribution in [0, 0.1) is 0 Å². The number of esters is 1. The largest absolute Gasteiger partial charge is 0.465 e. The van der Waals surface area contributed by atoms with Crippen LogP contribution < -0.4 is 0 Å². The zero-order chi connectivity index (χ0) is 12.0. The fourth-order valence-corrected chi connectivity index (χ4v) is 1.87. The highest BCUT2D eigenvalue weighted by atomic mass is 32.1. The van der Waals surface area contributed by atoms with Crippen molar-refractivity contribution < 1.29 is 9.53 Å². The summed E-state index contributed by atoms with van der Waals surface area (Å²) in [6.45, 7) is 7.39. The molecule has 1 heterocycles. The number of ether oxygens (including phenoxy) is 1. The van der Waals surface area contributed by atoms with Gasteiger partial charge in [0.2, 0.25) is 0 Å². The SMILES string of the molecule is CCOC(=O)CN(Cc1cscn1)C(C)C. The van der Waals surface area contributed by atoms with Crippen LogP contribution in [-0.2, 0) is 16.1 Å². The van der Waals surface area contributed by atoms with Crippen molar-refractivity contribution >= 4 is 17.3 Å². The van der Waals surface area contributed by atoms with Crippen molar-refractivity contribution in [3.05, 3.63) is 16.6 Å². The Labute approximate surface area is 100 Å². The lowest BCUT2D eigenvalue weighted by molar-refractivity contribution is -0.145. The smallest absolute Gasteiger partial charge is 0.320 e. The molecule has 0 aromatic carbocycles. The Kier molecular flexibility index (Phi) is 5.42. The molecule has 0 amide bonds. The van der Waals surface area contributed by atoms with E-state index in [9.17, 15) is 4.79 Å². The van der Waals surface area contributed by atoms with Gasteiger partial charge < -0.3 is 4.74 Å². The van der Waals surface area contributed by atoms with Gasteiger partial charge in [0.25, 0.3) is 0 Å². The van der Waals surface area contributed by atoms with Gasteiger partial charge in [-0.15, -0.1) is 11.3 Å². The molecule has 0 spiro atoms. The summed E-state index contributed by atoms with van der Waals surface area (Å²) in [6, 6.07) is 0.297. The summed E-state index contributed by atoms with van der Waals surface area (Å²) in [6.07, 6.45) is 0. The van der Waals surface area contributed by atoms with Crippen LogP contribution in [0.5, 0.6) is 0 Å². The van der Waals surface area contributed by atoms with E-state index in [2.05, 4.69) is 18.8 Å². The van der Waals surface area contributed by atoms with Crippen molar-refractivity contribution in [1.82, 2.24) is 9.88 Å². The lowest BCUT2D eigenvalue weighted by atomic mass is 10.3. The summed E-state index contributed by atoms with van der Waals surface area (Å²) < 4.78 is 4.94. The van der Waals surface area contributed by atoms with Crippen LogP contribution in [0.3, 0.4) is 0 Å². The third-order valence-corrected chi connectivity index (χ3v) is 2.85. The lowest BCUT2D eigenvalue weighted by Gasteiger charge is -2.24. The van der Waals surface area contributed by atoms with Crippen LogP contribution in [0.25, 0.3) is 0 Å². The van der Waals surface area contributed by atoms with Gasteiger partial charge in [-0.05, 0) is 20.8 Å². The molecule has 4 nitrogen and oxygen atoms in total. The molecule has 0 aliphatic heterocycles. The first kappa shape index (κ1) is 13.1. The summed E-state index contributed by atoms with van der Waals surface area (Å²) in [5.41, 5.74) is 2.81. The standard InChI is InChI=1S/C11H18N2O2S/c1-4-15-11(14)6-13(9(2)3)5-10-7-16-8-12-10/h7-9H,4-6H2,1-3H3. The fraction of sp³-hybridized carbons (Fsp3) is 0.636. The minimum absolute atomic E-state index is 0.175. The van der Waals surface area contributed by atoms with Gasteiger partial charge in [-0.2, -0.15) is 0 Å². The van der Waals surface area contributed by atoms with E-state index in [4.69, 9.17) is 4.74 Å². The topological polar surface area (TPSA) is 42.4 Å². The van der Waals surface area contributed by atoms with Crippen LogP contribution in [-0.4, -0.2) is 35.0 Å². The van der Waals surface area contributed by atoms with Crippen molar-refractivity contribution in [1.29, 1.82) is 0 Å². The van der Waals surface area contributed by atoms with Crippen LogP contribution in [0.4, 0.5) is 0 Å². The molecule has 1 aromatic heterocycles. The molecule has 0 bridgehead atoms. The number of hydrogen-bond donors (Lipinski definition) is 0. The molecule has 0 N–H and O–H groups in total. The van der Waals surface area contributed by atoms with E-state index in [1.54, 1.807) is 16.8 Å². The first-order valence-corrected chi connectivity index (χ1v) is 6.34. The van der Waals surface area contributed by atoms with Crippen LogP contribution in [0.15, 0.2) is 10.9 Å². The first-order chi connectivity index (χ1) is 7.63. The summed E-state index contributed by atoms with van der Waals surface area (Å²) in [5, 5.41) is 2.00. The van der Waals surface area contributed by atoms with Crippen LogP contribution >= 0.6 is 11.3 Å². The van der Waals surface area contributed by atoms with E-state index in [0.29, 0.717) is 25.7 Å². The highest BCUT2D eigenvalue weighted by Crippen LogP contribution is 2.08. The van der Waals surface area contributed by atoms with Crippen molar-refractivity contribution in [2.24, 2.45) is 0 Å². The van der Waals surface area contributed by atoms with Gasteiger partial charge in [-0.3, -0.25) is 9.69 Å². The molecule has 0 fully saturated rings. The Bertz CT molecular complexity index is 312. The molecule has 16 heavy (non-hydrogen) atoms. The monoisotopic (exact) mass is 242 g/mol. The molecule has 0 radical (unpaired) electrons. The van der Waals surface area contributed by atoms with E-state index < -0.39 is 0 Å². The molecule has 0 atom stereocenters. The summed E-state index contributed by atoms with van der Waals surface area (Å²) >= 11 is 1.57. The molecule has 0 saturated carbocycles. The molecule has 0 aliphatic rings. The highest BCUT2D eigenvalue weighted by molar-refractivity contribution is 7.07. The second kappa shape index (κ2) is 6.60. The Morgan fingerprint density at radius 2 is 2.38 bits per heavy atom. The van der Waals surface area contributed by atoms with Gasteiger partial charge in [-0.1, -0.05) is 0 Å². The Hall–Kier alpha value is -0.940. The van der Waals surface area contributed by atoms with Gasteiger partial charge in [0.1, 0.15) is 0 Å². The average molecular weight is 242 g/mol. The minimum atomic E-state index is -0.175. The van der Waals surface area contributed by atoms with Crippen molar-refractivity contribution in [2.75, 3.05) is 13.2 Å². The molecule has 0 saturated heterocycles. The lowest BCUT2D eigenvalue weighted by Crippen LogP contribution is -2.36. The zero-order valence-corrected chi connectivity index (χ0v) is 10.8. The third kappa shape index (κ3) is 4.28. The van der Waals surface area contributed by atoms with E-state index in [0.717, 1.165) is 5.69 Å². The maximum Gasteiger partial charge on any atom is 0.320 e. The van der Waals surface area contributed by atoms with E-state index in [1.807, 2.05) is 17.2 Å². The Morgan fingerprint density at radius 3 is 2.88 bits per heavy atom. The van der Waals surface area contributed by atoms with E-state index in [1.165, 1.54) is 0 Å². The quantitative estimate of drug-likeness (QED) is 0.715. The Balaban J connectivity index is 2.51. The molecule has 0 unspecified atom stereocenters. The fourth-order valence-electron chi connectivity index (χ4n) is 1.32. The third-order valence-electron chi connectivity index (χ3n) is 2.22. The van der Waals surface area contributed by atoms with E-state index in [-0.39, 0.29) is 5.97 Å². The highest BCUT2D eigenvalue weighted by Gasteiger charge is 2.15. The number of nitrogens with zero attached hydrogens (tertiary/aromatic N) is 2. The van der Waals surface area contributed by atoms with Crippen LogP contribution in [0.2, 0.25) is 0 Å². The Morgan fingerprint density at radius 1 is 1.62 bits per heavy atom.